The molecular formula is C19H21F2N3O4. The quantitative estimate of drug-likeness (QED) is 0.679. The normalized spacial score (nSPS) is 11.8. The highest BCUT2D eigenvalue weighted by molar-refractivity contribution is 5.99. The molecular weight excluding hydrogens is 372 g/mol. The van der Waals surface area contributed by atoms with Gasteiger partial charge in [-0.2, -0.15) is 0 Å². The maximum atomic E-state index is 13.8. The Bertz CT molecular complexity index is 888. The summed E-state index contributed by atoms with van der Waals surface area (Å²) in [5.74, 6) is -4.01. The average molecular weight is 393 g/mol. The Morgan fingerprint density at radius 3 is 2.11 bits per heavy atom. The van der Waals surface area contributed by atoms with E-state index in [-0.39, 0.29) is 5.56 Å². The highest BCUT2D eigenvalue weighted by atomic mass is 19.1. The zero-order chi connectivity index (χ0) is 21.0. The molecule has 3 N–H and O–H groups in total. The van der Waals surface area contributed by atoms with Gasteiger partial charge in [0.1, 0.15) is 34.8 Å². The Morgan fingerprint density at radius 2 is 1.61 bits per heavy atom. The van der Waals surface area contributed by atoms with E-state index in [1.54, 1.807) is 27.7 Å². The number of halogens is 2. The number of hydrogen-bond donors (Lipinski definition) is 3. The van der Waals surface area contributed by atoms with Crippen molar-refractivity contribution in [1.29, 1.82) is 0 Å². The molecule has 0 aliphatic rings. The molecule has 1 atom stereocenters. The summed E-state index contributed by atoms with van der Waals surface area (Å²) in [5.41, 5.74) is 3.89. The Morgan fingerprint density at radius 1 is 1.00 bits per heavy atom. The summed E-state index contributed by atoms with van der Waals surface area (Å²) < 4.78 is 32.8. The fourth-order valence-electron chi connectivity index (χ4n) is 2.58. The number of hydrogen-bond acceptors (Lipinski definition) is 4. The van der Waals surface area contributed by atoms with E-state index in [1.165, 1.54) is 6.07 Å². The van der Waals surface area contributed by atoms with Gasteiger partial charge in [0.15, 0.2) is 0 Å². The first-order chi connectivity index (χ1) is 13.1. The average Bonchev–Trinajstić information content (AvgIpc) is 2.95. The Hall–Kier alpha value is -3.23. The number of benzene rings is 1. The summed E-state index contributed by atoms with van der Waals surface area (Å²) in [4.78, 5) is 36.8. The molecule has 1 unspecified atom stereocenters. The van der Waals surface area contributed by atoms with Crippen molar-refractivity contribution < 1.29 is 27.6 Å². The number of amides is 3. The third-order valence-corrected chi connectivity index (χ3v) is 4.01. The van der Waals surface area contributed by atoms with Crippen LogP contribution in [-0.4, -0.2) is 23.8 Å². The minimum atomic E-state index is -1.14. The zero-order valence-corrected chi connectivity index (χ0v) is 15.9. The molecule has 7 nitrogen and oxygen atoms in total. The lowest BCUT2D eigenvalue weighted by Crippen LogP contribution is -2.54. The molecule has 0 spiro atoms. The van der Waals surface area contributed by atoms with E-state index < -0.39 is 46.9 Å². The van der Waals surface area contributed by atoms with Crippen molar-refractivity contribution in [3.05, 3.63) is 58.5 Å². The van der Waals surface area contributed by atoms with Gasteiger partial charge in [0.25, 0.3) is 17.7 Å². The number of rotatable bonds is 5. The largest absolute Gasteiger partial charge is 0.466 e. The lowest BCUT2D eigenvalue weighted by atomic mass is 10.0. The molecule has 150 valence electrons. The summed E-state index contributed by atoms with van der Waals surface area (Å²) in [5, 5.41) is 2.29. The van der Waals surface area contributed by atoms with Gasteiger partial charge < -0.3 is 9.73 Å². The second-order valence-electron chi connectivity index (χ2n) is 6.56. The van der Waals surface area contributed by atoms with Crippen LogP contribution in [0.3, 0.4) is 0 Å². The molecule has 0 radical (unpaired) electrons. The van der Waals surface area contributed by atoms with Crippen molar-refractivity contribution in [3.8, 4) is 0 Å². The standard InChI is InChI=1S/C19H21F2N3O4/c1-9(2)16(22-18(26)15-13(20)6-5-7-14(15)21)19(27)24-23-17(25)12-8-10(3)28-11(12)4/h5-9,16H,1-4H3,(H,22,26)(H,23,25)(H,24,27). The number of carbonyl (C=O) groups is 3. The zero-order valence-electron chi connectivity index (χ0n) is 15.9. The van der Waals surface area contributed by atoms with Crippen LogP contribution in [0, 0.1) is 31.4 Å². The Kier molecular flexibility index (Phi) is 6.50. The van der Waals surface area contributed by atoms with Crippen molar-refractivity contribution in [1.82, 2.24) is 16.2 Å². The van der Waals surface area contributed by atoms with E-state index in [0.717, 1.165) is 18.2 Å². The van der Waals surface area contributed by atoms with Crippen LogP contribution in [0.1, 0.15) is 46.1 Å². The van der Waals surface area contributed by atoms with Gasteiger partial charge in [-0.05, 0) is 38.0 Å². The minimum absolute atomic E-state index is 0.247. The van der Waals surface area contributed by atoms with Gasteiger partial charge in [-0.15, -0.1) is 0 Å². The Balaban J connectivity index is 2.07. The molecule has 9 heteroatoms. The molecule has 0 aliphatic carbocycles. The van der Waals surface area contributed by atoms with Gasteiger partial charge in [0, 0.05) is 0 Å². The molecule has 0 aliphatic heterocycles. The third-order valence-electron chi connectivity index (χ3n) is 4.01. The number of hydrazine groups is 1. The van der Waals surface area contributed by atoms with Crippen LogP contribution < -0.4 is 16.2 Å². The third kappa shape index (κ3) is 4.73. The number of nitrogens with one attached hydrogen (secondary N) is 3. The molecule has 0 saturated heterocycles. The SMILES string of the molecule is Cc1cc(C(=O)NNC(=O)C(NC(=O)c2c(F)cccc2F)C(C)C)c(C)o1. The smallest absolute Gasteiger partial charge is 0.273 e. The molecule has 1 heterocycles. The van der Waals surface area contributed by atoms with Crippen LogP contribution >= 0.6 is 0 Å². The fraction of sp³-hybridized carbons (Fsp3) is 0.316. The van der Waals surface area contributed by atoms with Crippen molar-refractivity contribution in [3.63, 3.8) is 0 Å². The summed E-state index contributed by atoms with van der Waals surface area (Å²) in [6, 6.07) is 3.39. The predicted octanol–water partition coefficient (Wildman–Crippen LogP) is 2.39. The maximum absolute atomic E-state index is 13.8. The first-order valence-electron chi connectivity index (χ1n) is 8.54. The van der Waals surface area contributed by atoms with Crippen molar-refractivity contribution in [2.75, 3.05) is 0 Å². The number of furan rings is 1. The molecule has 3 amide bonds. The second-order valence-corrected chi connectivity index (χ2v) is 6.56. The predicted molar refractivity (Wildman–Crippen MR) is 96.2 cm³/mol. The van der Waals surface area contributed by atoms with Gasteiger partial charge in [-0.1, -0.05) is 19.9 Å². The molecule has 2 aromatic rings. The lowest BCUT2D eigenvalue weighted by molar-refractivity contribution is -0.124. The van der Waals surface area contributed by atoms with E-state index in [1.807, 2.05) is 0 Å². The van der Waals surface area contributed by atoms with Gasteiger partial charge in [-0.25, -0.2) is 8.78 Å². The Labute approximate surface area is 160 Å². The molecule has 1 aromatic carbocycles. The molecule has 0 fully saturated rings. The van der Waals surface area contributed by atoms with Crippen LogP contribution in [-0.2, 0) is 4.79 Å². The number of carbonyl (C=O) groups excluding carboxylic acids is 3. The summed E-state index contributed by atoms with van der Waals surface area (Å²) in [6.07, 6.45) is 0. The molecule has 1 aromatic heterocycles. The van der Waals surface area contributed by atoms with Crippen LogP contribution in [0.5, 0.6) is 0 Å². The first kappa shape index (κ1) is 21.1. The van der Waals surface area contributed by atoms with E-state index in [9.17, 15) is 23.2 Å². The topological polar surface area (TPSA) is 100 Å². The van der Waals surface area contributed by atoms with Crippen molar-refractivity contribution in [2.24, 2.45) is 5.92 Å². The fourth-order valence-corrected chi connectivity index (χ4v) is 2.58. The van der Waals surface area contributed by atoms with Crippen molar-refractivity contribution in [2.45, 2.75) is 33.7 Å². The number of aryl methyl sites for hydroxylation is 2. The highest BCUT2D eigenvalue weighted by Gasteiger charge is 2.28. The van der Waals surface area contributed by atoms with Gasteiger partial charge in [-0.3, -0.25) is 25.2 Å². The van der Waals surface area contributed by atoms with Crippen LogP contribution in [0.25, 0.3) is 0 Å². The minimum Gasteiger partial charge on any atom is -0.466 e. The van der Waals surface area contributed by atoms with Crippen molar-refractivity contribution >= 4 is 17.7 Å². The first-order valence-corrected chi connectivity index (χ1v) is 8.54. The maximum Gasteiger partial charge on any atom is 0.273 e. The molecule has 28 heavy (non-hydrogen) atoms. The van der Waals surface area contributed by atoms with Crippen LogP contribution in [0.15, 0.2) is 28.7 Å². The molecule has 0 bridgehead atoms. The van der Waals surface area contributed by atoms with E-state index >= 15 is 0 Å². The van der Waals surface area contributed by atoms with E-state index in [2.05, 4.69) is 16.2 Å². The monoisotopic (exact) mass is 393 g/mol. The molecule has 2 rings (SSSR count). The van der Waals surface area contributed by atoms with Gasteiger partial charge >= 0.3 is 0 Å². The lowest BCUT2D eigenvalue weighted by Gasteiger charge is -2.22. The second kappa shape index (κ2) is 8.64. The summed E-state index contributed by atoms with van der Waals surface area (Å²) >= 11 is 0. The van der Waals surface area contributed by atoms with Gasteiger partial charge in [0.05, 0.1) is 5.56 Å². The van der Waals surface area contributed by atoms with Crippen LogP contribution in [0.4, 0.5) is 8.78 Å². The van der Waals surface area contributed by atoms with Gasteiger partial charge in [0.2, 0.25) is 0 Å². The summed E-state index contributed by atoms with van der Waals surface area (Å²) in [6.45, 7) is 6.54. The highest BCUT2D eigenvalue weighted by Crippen LogP contribution is 2.14. The van der Waals surface area contributed by atoms with E-state index in [4.69, 9.17) is 4.42 Å². The van der Waals surface area contributed by atoms with Crippen LogP contribution in [0.2, 0.25) is 0 Å². The van der Waals surface area contributed by atoms with E-state index in [0.29, 0.717) is 11.5 Å². The summed E-state index contributed by atoms with van der Waals surface area (Å²) in [7, 11) is 0. The molecule has 0 saturated carbocycles.